The van der Waals surface area contributed by atoms with Gasteiger partial charge < -0.3 is 0 Å². The van der Waals surface area contributed by atoms with E-state index in [4.69, 9.17) is 0 Å². The number of thioether (sulfide) groups is 1. The number of carbonyl (C=O) groups is 1. The second kappa shape index (κ2) is 10.5. The summed E-state index contributed by atoms with van der Waals surface area (Å²) in [4.78, 5) is 15.5. The van der Waals surface area contributed by atoms with Gasteiger partial charge in [-0.2, -0.15) is 0 Å². The quantitative estimate of drug-likeness (QED) is 0.231. The van der Waals surface area contributed by atoms with Crippen molar-refractivity contribution >= 4 is 28.9 Å². The van der Waals surface area contributed by atoms with Gasteiger partial charge >= 0.3 is 0 Å². The second-order valence-corrected chi connectivity index (χ2v) is 9.79. The summed E-state index contributed by atoms with van der Waals surface area (Å²) in [5.74, 6) is 1.58. The number of nitrogens with zero attached hydrogens (tertiary/aromatic N) is 4. The molecule has 0 N–H and O–H groups in total. The molecule has 1 fully saturated rings. The molecule has 0 unspecified atom stereocenters. The van der Waals surface area contributed by atoms with E-state index in [9.17, 15) is 9.18 Å². The van der Waals surface area contributed by atoms with Crippen molar-refractivity contribution in [3.63, 3.8) is 0 Å². The molecule has 164 valence electrons. The lowest BCUT2D eigenvalue weighted by Gasteiger charge is -2.31. The number of ketones is 1. The smallest absolute Gasteiger partial charge is 0.195 e. The van der Waals surface area contributed by atoms with E-state index in [1.807, 2.05) is 22.1 Å². The third-order valence-corrected chi connectivity index (χ3v) is 7.56. The number of hydrogen-bond donors (Lipinski definition) is 0. The third kappa shape index (κ3) is 5.42. The zero-order valence-electron chi connectivity index (χ0n) is 17.7. The molecule has 1 saturated heterocycles. The molecule has 0 aliphatic carbocycles. The minimum Gasteiger partial charge on any atom is -0.294 e. The van der Waals surface area contributed by atoms with Crippen LogP contribution in [0.1, 0.15) is 60.6 Å². The summed E-state index contributed by atoms with van der Waals surface area (Å²) in [7, 11) is 0. The predicted molar refractivity (Wildman–Crippen MR) is 124 cm³/mol. The first-order valence-electron chi connectivity index (χ1n) is 10.8. The average molecular weight is 459 g/mol. The highest BCUT2D eigenvalue weighted by atomic mass is 32.2. The van der Waals surface area contributed by atoms with Crippen LogP contribution in [0.25, 0.3) is 5.69 Å². The summed E-state index contributed by atoms with van der Waals surface area (Å²) >= 11 is 3.09. The van der Waals surface area contributed by atoms with Crippen LogP contribution in [0, 0.1) is 5.82 Å². The Morgan fingerprint density at radius 1 is 1.16 bits per heavy atom. The van der Waals surface area contributed by atoms with Crippen molar-refractivity contribution < 1.29 is 9.18 Å². The summed E-state index contributed by atoms with van der Waals surface area (Å²) in [6.07, 6.45) is 4.98. The van der Waals surface area contributed by atoms with E-state index in [-0.39, 0.29) is 17.6 Å². The van der Waals surface area contributed by atoms with Crippen LogP contribution in [0.5, 0.6) is 0 Å². The number of rotatable bonds is 9. The van der Waals surface area contributed by atoms with E-state index >= 15 is 0 Å². The Morgan fingerprint density at radius 2 is 1.94 bits per heavy atom. The van der Waals surface area contributed by atoms with E-state index in [2.05, 4.69) is 22.0 Å². The van der Waals surface area contributed by atoms with Crippen molar-refractivity contribution in [1.29, 1.82) is 0 Å². The maximum absolute atomic E-state index is 13.5. The average Bonchev–Trinajstić information content (AvgIpc) is 3.48. The minimum atomic E-state index is -0.260. The molecule has 1 atom stereocenters. The first-order chi connectivity index (χ1) is 15.1. The third-order valence-electron chi connectivity index (χ3n) is 5.63. The van der Waals surface area contributed by atoms with Gasteiger partial charge in [0.25, 0.3) is 0 Å². The molecule has 0 bridgehead atoms. The van der Waals surface area contributed by atoms with Crippen LogP contribution < -0.4 is 0 Å². The number of piperidine rings is 1. The van der Waals surface area contributed by atoms with Crippen molar-refractivity contribution in [1.82, 2.24) is 19.7 Å². The molecule has 0 saturated carbocycles. The highest BCUT2D eigenvalue weighted by molar-refractivity contribution is 7.99. The monoisotopic (exact) mass is 458 g/mol. The fourth-order valence-corrected chi connectivity index (χ4v) is 5.50. The number of halogens is 1. The number of Topliss-reactive ketones (excluding diaryl/α,β-unsaturated/α-hetero) is 1. The molecule has 8 heteroatoms. The van der Waals surface area contributed by atoms with E-state index in [1.165, 1.54) is 42.7 Å². The molecule has 5 nitrogen and oxygen atoms in total. The highest BCUT2D eigenvalue weighted by Crippen LogP contribution is 2.30. The lowest BCUT2D eigenvalue weighted by atomic mass is 10.1. The van der Waals surface area contributed by atoms with E-state index < -0.39 is 0 Å². The molecule has 1 aromatic carbocycles. The summed E-state index contributed by atoms with van der Waals surface area (Å²) in [5, 5.41) is 11.7. The Morgan fingerprint density at radius 3 is 2.65 bits per heavy atom. The Balaban J connectivity index is 1.49. The zero-order chi connectivity index (χ0) is 21.6. The van der Waals surface area contributed by atoms with E-state index in [0.717, 1.165) is 46.8 Å². The number of thiophene rings is 1. The first-order valence-corrected chi connectivity index (χ1v) is 12.6. The van der Waals surface area contributed by atoms with Crippen LogP contribution in [0.4, 0.5) is 4.39 Å². The SMILES string of the molecule is C[C@@H](c1nnc(SCCCC(=O)c2cccs2)n1-c1ccc(F)cc1)N1CCCCC1. The van der Waals surface area contributed by atoms with Crippen LogP contribution in [0.2, 0.25) is 0 Å². The number of carbonyl (C=O) groups excluding carboxylic acids is 1. The largest absolute Gasteiger partial charge is 0.294 e. The predicted octanol–water partition coefficient (Wildman–Crippen LogP) is 5.77. The summed E-state index contributed by atoms with van der Waals surface area (Å²) in [5.41, 5.74) is 0.863. The van der Waals surface area contributed by atoms with Crippen LogP contribution in [-0.2, 0) is 0 Å². The van der Waals surface area contributed by atoms with Gasteiger partial charge in [0, 0.05) is 17.9 Å². The minimum absolute atomic E-state index is 0.132. The molecular formula is C23H27FN4OS2. The van der Waals surface area contributed by atoms with Gasteiger partial charge in [0.05, 0.1) is 10.9 Å². The van der Waals surface area contributed by atoms with Gasteiger partial charge in [0.2, 0.25) is 0 Å². The summed E-state index contributed by atoms with van der Waals surface area (Å²) < 4.78 is 15.6. The lowest BCUT2D eigenvalue weighted by molar-refractivity contribution is 0.0986. The molecule has 31 heavy (non-hydrogen) atoms. The summed E-state index contributed by atoms with van der Waals surface area (Å²) in [6.45, 7) is 4.29. The normalized spacial score (nSPS) is 15.8. The van der Waals surface area contributed by atoms with Gasteiger partial charge in [-0.1, -0.05) is 24.2 Å². The van der Waals surface area contributed by atoms with Gasteiger partial charge in [0.15, 0.2) is 16.8 Å². The van der Waals surface area contributed by atoms with Gasteiger partial charge in [-0.05, 0) is 75.0 Å². The van der Waals surface area contributed by atoms with Crippen molar-refractivity contribution in [2.75, 3.05) is 18.8 Å². The van der Waals surface area contributed by atoms with Crippen molar-refractivity contribution in [2.24, 2.45) is 0 Å². The number of aromatic nitrogens is 3. The Hall–Kier alpha value is -2.03. The number of hydrogen-bond acceptors (Lipinski definition) is 6. The van der Waals surface area contributed by atoms with Gasteiger partial charge in [0.1, 0.15) is 5.82 Å². The Kier molecular flexibility index (Phi) is 7.53. The fraction of sp³-hybridized carbons (Fsp3) is 0.435. The van der Waals surface area contributed by atoms with Gasteiger partial charge in [-0.25, -0.2) is 4.39 Å². The summed E-state index contributed by atoms with van der Waals surface area (Å²) in [6, 6.07) is 10.4. The van der Waals surface area contributed by atoms with Crippen molar-refractivity contribution in [3.05, 3.63) is 58.3 Å². The fourth-order valence-electron chi connectivity index (χ4n) is 3.90. The molecule has 0 spiro atoms. The second-order valence-electron chi connectivity index (χ2n) is 7.78. The molecule has 1 aliphatic heterocycles. The van der Waals surface area contributed by atoms with Crippen LogP contribution in [0.3, 0.4) is 0 Å². The molecule has 3 heterocycles. The topological polar surface area (TPSA) is 51.0 Å². The molecule has 1 aliphatic rings. The molecular weight excluding hydrogens is 431 g/mol. The molecule has 0 radical (unpaired) electrons. The molecule has 0 amide bonds. The van der Waals surface area contributed by atoms with Crippen LogP contribution >= 0.6 is 23.1 Å². The first kappa shape index (κ1) is 22.2. The number of likely N-dealkylation sites (tertiary alicyclic amines) is 1. The lowest BCUT2D eigenvalue weighted by Crippen LogP contribution is -2.33. The molecule has 2 aromatic heterocycles. The van der Waals surface area contributed by atoms with Crippen molar-refractivity contribution in [2.45, 2.75) is 50.2 Å². The maximum atomic E-state index is 13.5. The van der Waals surface area contributed by atoms with Gasteiger partial charge in [-0.3, -0.25) is 14.3 Å². The van der Waals surface area contributed by atoms with E-state index in [0.29, 0.717) is 6.42 Å². The Bertz CT molecular complexity index is 982. The molecule has 3 aromatic rings. The van der Waals surface area contributed by atoms with Crippen LogP contribution in [0.15, 0.2) is 46.9 Å². The van der Waals surface area contributed by atoms with Crippen molar-refractivity contribution in [3.8, 4) is 5.69 Å². The standard InChI is InChI=1S/C23H27FN4OS2/c1-17(27-13-3-2-4-14-27)22-25-26-23(28(22)19-11-9-18(24)10-12-19)31-16-5-7-20(29)21-8-6-15-30-21/h6,8-12,15,17H,2-5,7,13-14,16H2,1H3/t17-/m0/s1. The van der Waals surface area contributed by atoms with Gasteiger partial charge in [-0.15, -0.1) is 21.5 Å². The zero-order valence-corrected chi connectivity index (χ0v) is 19.3. The van der Waals surface area contributed by atoms with E-state index in [1.54, 1.807) is 23.9 Å². The maximum Gasteiger partial charge on any atom is 0.195 e. The molecule has 4 rings (SSSR count). The Labute approximate surface area is 190 Å². The van der Waals surface area contributed by atoms with Crippen LogP contribution in [-0.4, -0.2) is 44.3 Å². The number of benzene rings is 1. The highest BCUT2D eigenvalue weighted by Gasteiger charge is 2.25.